The van der Waals surface area contributed by atoms with Crippen LogP contribution in [0.2, 0.25) is 0 Å². The summed E-state index contributed by atoms with van der Waals surface area (Å²) < 4.78 is 12.5. The molecule has 3 aliphatic rings. The molecule has 3 saturated heterocycles. The first-order valence-corrected chi connectivity index (χ1v) is 17.2. The Morgan fingerprint density at radius 1 is 1.02 bits per heavy atom. The van der Waals surface area contributed by atoms with E-state index in [1.54, 1.807) is 7.11 Å². The van der Waals surface area contributed by atoms with Gasteiger partial charge in [0.05, 0.1) is 42.7 Å². The van der Waals surface area contributed by atoms with E-state index in [-0.39, 0.29) is 12.1 Å². The van der Waals surface area contributed by atoms with Crippen LogP contribution >= 0.6 is 0 Å². The van der Waals surface area contributed by atoms with E-state index in [1.165, 1.54) is 5.56 Å². The summed E-state index contributed by atoms with van der Waals surface area (Å²) in [6.07, 6.45) is 10.3. The van der Waals surface area contributed by atoms with Gasteiger partial charge < -0.3 is 14.6 Å². The van der Waals surface area contributed by atoms with Crippen LogP contribution in [0.5, 0.6) is 5.75 Å². The fourth-order valence-corrected chi connectivity index (χ4v) is 7.81. The number of benzene rings is 2. The number of hydrogen-bond donors (Lipinski definition) is 1. The van der Waals surface area contributed by atoms with Crippen molar-refractivity contribution >= 4 is 27.9 Å². The van der Waals surface area contributed by atoms with Crippen LogP contribution in [-0.2, 0) is 17.8 Å². The van der Waals surface area contributed by atoms with Crippen LogP contribution in [0.3, 0.4) is 0 Å². The van der Waals surface area contributed by atoms with Gasteiger partial charge in [-0.3, -0.25) is 14.9 Å². The number of aryl methyl sites for hydroxylation is 1. The molecule has 7 rings (SSSR count). The summed E-state index contributed by atoms with van der Waals surface area (Å²) in [4.78, 5) is 12.5. The van der Waals surface area contributed by atoms with E-state index in [2.05, 4.69) is 74.4 Å². The highest BCUT2D eigenvalue weighted by Crippen LogP contribution is 2.43. The molecule has 0 spiro atoms. The number of fused-ring (bicyclic) bond motifs is 5. The first-order valence-electron chi connectivity index (χ1n) is 17.2. The van der Waals surface area contributed by atoms with E-state index >= 15 is 0 Å². The largest absolute Gasteiger partial charge is 0.496 e. The van der Waals surface area contributed by atoms with E-state index in [4.69, 9.17) is 19.4 Å². The van der Waals surface area contributed by atoms with Crippen LogP contribution in [0.4, 0.5) is 0 Å². The number of aliphatic hydroxyl groups is 1. The SMILES string of the molecule is C=Cc1c(OC)ccc2nc(CO[C@@H](CCC)c3cc(CCCC)nc4ccccc34)cc([C@@H](O)[C@@H]3CC4CCN3C[C@@H]4C=C)c12. The standard InChI is InChI=1S/C40H49N3O3/c1-6-10-14-28-22-32(31-15-11-12-16-34(31)41-28)38(13-7-2)46-25-29-23-33(39-30(9-4)37(45-5)18-17-35(39)42-29)40(44)36-21-27-19-20-43(36)24-26(27)8-3/h8-9,11-12,15-18,22-23,26-27,36,38,40,44H,3-4,6-7,10,13-14,19-21,24-25H2,1-2,5H3/t26-,27?,36-,38-,40+/m0/s1. The van der Waals surface area contributed by atoms with Gasteiger partial charge in [0.2, 0.25) is 0 Å². The molecule has 0 saturated carbocycles. The molecule has 2 bridgehead atoms. The third kappa shape index (κ3) is 6.35. The molecule has 0 radical (unpaired) electrons. The maximum atomic E-state index is 12.2. The van der Waals surface area contributed by atoms with Gasteiger partial charge in [0, 0.05) is 34.6 Å². The Labute approximate surface area is 274 Å². The van der Waals surface area contributed by atoms with Gasteiger partial charge in [-0.1, -0.05) is 63.6 Å². The lowest BCUT2D eigenvalue weighted by molar-refractivity contribution is -0.0445. The summed E-state index contributed by atoms with van der Waals surface area (Å²) in [5.74, 6) is 1.77. The first-order chi connectivity index (χ1) is 22.5. The summed E-state index contributed by atoms with van der Waals surface area (Å²) >= 11 is 0. The van der Waals surface area contributed by atoms with Gasteiger partial charge in [-0.2, -0.15) is 0 Å². The molecule has 4 aromatic rings. The number of ether oxygens (including phenoxy) is 2. The Morgan fingerprint density at radius 2 is 1.83 bits per heavy atom. The number of para-hydroxylation sites is 1. The van der Waals surface area contributed by atoms with Crippen LogP contribution in [0, 0.1) is 11.8 Å². The molecule has 1 N–H and O–H groups in total. The number of nitrogens with zero attached hydrogens (tertiary/aromatic N) is 3. The Hall–Kier alpha value is -3.58. The predicted octanol–water partition coefficient (Wildman–Crippen LogP) is 8.77. The molecule has 3 fully saturated rings. The Morgan fingerprint density at radius 3 is 2.54 bits per heavy atom. The van der Waals surface area contributed by atoms with Crippen LogP contribution in [0.15, 0.2) is 67.8 Å². The summed E-state index contributed by atoms with van der Waals surface area (Å²) in [5.41, 5.74) is 6.69. The van der Waals surface area contributed by atoms with Crippen LogP contribution < -0.4 is 4.74 Å². The van der Waals surface area contributed by atoms with Gasteiger partial charge in [0.15, 0.2) is 0 Å². The first kappa shape index (κ1) is 32.4. The zero-order valence-corrected chi connectivity index (χ0v) is 27.8. The van der Waals surface area contributed by atoms with Gasteiger partial charge in [0.25, 0.3) is 0 Å². The van der Waals surface area contributed by atoms with E-state index in [0.29, 0.717) is 18.4 Å². The average Bonchev–Trinajstić information content (AvgIpc) is 3.10. The number of pyridine rings is 2. The van der Waals surface area contributed by atoms with Crippen LogP contribution in [-0.4, -0.2) is 46.2 Å². The highest BCUT2D eigenvalue weighted by molar-refractivity contribution is 5.93. The highest BCUT2D eigenvalue weighted by Gasteiger charge is 2.42. The second-order valence-electron chi connectivity index (χ2n) is 13.1. The van der Waals surface area contributed by atoms with Crippen molar-refractivity contribution in [3.8, 4) is 5.75 Å². The van der Waals surface area contributed by atoms with Crippen molar-refractivity contribution in [3.05, 3.63) is 95.8 Å². The number of rotatable bonds is 14. The van der Waals surface area contributed by atoms with Crippen molar-refractivity contribution in [1.82, 2.24) is 14.9 Å². The second kappa shape index (κ2) is 14.5. The fraction of sp³-hybridized carbons (Fsp3) is 0.450. The molecule has 6 heteroatoms. The lowest BCUT2D eigenvalue weighted by Crippen LogP contribution is -2.54. The molecule has 2 aromatic heterocycles. The van der Waals surface area contributed by atoms with Crippen molar-refractivity contribution in [2.24, 2.45) is 11.8 Å². The minimum absolute atomic E-state index is 0.0377. The van der Waals surface area contributed by atoms with Crippen LogP contribution in [0.1, 0.15) is 92.7 Å². The molecule has 3 aliphatic heterocycles. The Balaban J connectivity index is 1.37. The average molecular weight is 620 g/mol. The third-order valence-electron chi connectivity index (χ3n) is 10.2. The molecule has 6 atom stereocenters. The monoisotopic (exact) mass is 619 g/mol. The van der Waals surface area contributed by atoms with Crippen molar-refractivity contribution < 1.29 is 14.6 Å². The molecular formula is C40H49N3O3. The van der Waals surface area contributed by atoms with Crippen molar-refractivity contribution in [1.29, 1.82) is 0 Å². The third-order valence-corrected chi connectivity index (χ3v) is 10.2. The van der Waals surface area contributed by atoms with E-state index < -0.39 is 6.10 Å². The summed E-state index contributed by atoms with van der Waals surface area (Å²) in [6, 6.07) is 16.7. The summed E-state index contributed by atoms with van der Waals surface area (Å²) in [6.45, 7) is 14.9. The number of unbranched alkanes of at least 4 members (excludes halogenated alkanes) is 1. The van der Waals surface area contributed by atoms with Crippen LogP contribution in [0.25, 0.3) is 27.9 Å². The minimum Gasteiger partial charge on any atom is -0.496 e. The Kier molecular flexibility index (Phi) is 10.2. The maximum absolute atomic E-state index is 12.2. The molecule has 0 aliphatic carbocycles. The summed E-state index contributed by atoms with van der Waals surface area (Å²) in [5, 5.41) is 14.2. The van der Waals surface area contributed by atoms with Gasteiger partial charge in [-0.15, -0.1) is 6.58 Å². The second-order valence-corrected chi connectivity index (χ2v) is 13.1. The lowest BCUT2D eigenvalue weighted by Gasteiger charge is -2.50. The molecule has 2 unspecified atom stereocenters. The molecule has 46 heavy (non-hydrogen) atoms. The maximum Gasteiger partial charge on any atom is 0.126 e. The van der Waals surface area contributed by atoms with E-state index in [9.17, 15) is 5.11 Å². The van der Waals surface area contributed by atoms with Gasteiger partial charge >= 0.3 is 0 Å². The number of hydrogen-bond acceptors (Lipinski definition) is 6. The number of methoxy groups -OCH3 is 1. The molecule has 5 heterocycles. The van der Waals surface area contributed by atoms with Gasteiger partial charge in [-0.25, -0.2) is 0 Å². The number of aromatic nitrogens is 2. The van der Waals surface area contributed by atoms with E-state index in [0.717, 1.165) is 108 Å². The smallest absolute Gasteiger partial charge is 0.126 e. The zero-order valence-electron chi connectivity index (χ0n) is 27.8. The quantitative estimate of drug-likeness (QED) is 0.142. The predicted molar refractivity (Wildman–Crippen MR) is 188 cm³/mol. The zero-order chi connectivity index (χ0) is 32.2. The van der Waals surface area contributed by atoms with Crippen molar-refractivity contribution in [2.75, 3.05) is 20.2 Å². The summed E-state index contributed by atoms with van der Waals surface area (Å²) in [7, 11) is 1.67. The Bertz CT molecular complexity index is 1700. The van der Waals surface area contributed by atoms with Crippen molar-refractivity contribution in [3.63, 3.8) is 0 Å². The molecule has 242 valence electrons. The molecule has 0 amide bonds. The minimum atomic E-state index is -0.680. The van der Waals surface area contributed by atoms with Crippen molar-refractivity contribution in [2.45, 2.75) is 83.6 Å². The highest BCUT2D eigenvalue weighted by atomic mass is 16.5. The number of aliphatic hydroxyl groups excluding tert-OH is 1. The number of piperidine rings is 3. The normalized spacial score (nSPS) is 22.2. The van der Waals surface area contributed by atoms with Gasteiger partial charge in [0.1, 0.15) is 5.75 Å². The van der Waals surface area contributed by atoms with Gasteiger partial charge in [-0.05, 0) is 91.9 Å². The lowest BCUT2D eigenvalue weighted by atomic mass is 9.73. The van der Waals surface area contributed by atoms with E-state index in [1.807, 2.05) is 18.2 Å². The molecule has 6 nitrogen and oxygen atoms in total. The molecular weight excluding hydrogens is 570 g/mol. The topological polar surface area (TPSA) is 67.7 Å². The fourth-order valence-electron chi connectivity index (χ4n) is 7.81. The molecule has 2 aromatic carbocycles.